The minimum Gasteiger partial charge on any atom is -0.508 e. The molecule has 142 valence electrons. The average Bonchev–Trinajstić information content (AvgIpc) is 2.69. The molecule has 0 amide bonds. The quantitative estimate of drug-likeness (QED) is 0.382. The van der Waals surface area contributed by atoms with Gasteiger partial charge in [0, 0.05) is 5.92 Å². The van der Waals surface area contributed by atoms with Gasteiger partial charge in [-0.25, -0.2) is 0 Å². The van der Waals surface area contributed by atoms with Crippen molar-refractivity contribution in [3.63, 3.8) is 0 Å². The van der Waals surface area contributed by atoms with E-state index in [2.05, 4.69) is 13.2 Å². The third-order valence-corrected chi connectivity index (χ3v) is 4.83. The van der Waals surface area contributed by atoms with Gasteiger partial charge in [-0.1, -0.05) is 48.6 Å². The van der Waals surface area contributed by atoms with Crippen LogP contribution >= 0.6 is 0 Å². The summed E-state index contributed by atoms with van der Waals surface area (Å²) in [6.45, 7) is 7.53. The Bertz CT molecular complexity index is 928. The zero-order chi connectivity index (χ0) is 20.1. The lowest BCUT2D eigenvalue weighted by Gasteiger charge is -2.21. The van der Waals surface area contributed by atoms with E-state index in [0.29, 0.717) is 12.8 Å². The van der Waals surface area contributed by atoms with Gasteiger partial charge in [0.05, 0.1) is 0 Å². The van der Waals surface area contributed by atoms with Crippen molar-refractivity contribution in [3.05, 3.63) is 114 Å². The minimum absolute atomic E-state index is 0.117. The Labute approximate surface area is 165 Å². The molecule has 3 aromatic rings. The third kappa shape index (κ3) is 4.09. The lowest BCUT2D eigenvalue weighted by molar-refractivity contribution is 0.469. The van der Waals surface area contributed by atoms with E-state index in [1.54, 1.807) is 36.4 Å². The van der Waals surface area contributed by atoms with Crippen molar-refractivity contribution < 1.29 is 15.3 Å². The molecule has 0 aromatic heterocycles. The number of allylic oxidation sites excluding steroid dienone is 2. The summed E-state index contributed by atoms with van der Waals surface area (Å²) in [5, 5.41) is 30.0. The maximum Gasteiger partial charge on any atom is 0.119 e. The standard InChI is InChI=1S/C25H24O3/c1-3-5-18-15-20(9-13-23(18)27)25(17-7-11-22(26)12-8-17)21-10-14-24(28)19(16-21)6-4-2/h3-4,7-16,25-28H,1-2,5-6H2. The highest BCUT2D eigenvalue weighted by atomic mass is 16.3. The summed E-state index contributed by atoms with van der Waals surface area (Å²) in [5.41, 5.74) is 4.64. The van der Waals surface area contributed by atoms with Gasteiger partial charge in [-0.05, 0) is 64.9 Å². The number of phenols is 3. The summed E-state index contributed by atoms with van der Waals surface area (Å²) in [4.78, 5) is 0. The second-order valence-corrected chi connectivity index (χ2v) is 6.79. The van der Waals surface area contributed by atoms with Gasteiger partial charge in [0.15, 0.2) is 0 Å². The molecular formula is C25H24O3. The van der Waals surface area contributed by atoms with Crippen molar-refractivity contribution in [2.24, 2.45) is 0 Å². The van der Waals surface area contributed by atoms with E-state index in [9.17, 15) is 15.3 Å². The largest absolute Gasteiger partial charge is 0.508 e. The molecular weight excluding hydrogens is 348 g/mol. The van der Waals surface area contributed by atoms with Crippen molar-refractivity contribution in [2.45, 2.75) is 18.8 Å². The van der Waals surface area contributed by atoms with Crippen LogP contribution in [0, 0.1) is 0 Å². The Morgan fingerprint density at radius 2 is 1.07 bits per heavy atom. The van der Waals surface area contributed by atoms with Gasteiger partial charge in [-0.15, -0.1) is 13.2 Å². The first-order valence-electron chi connectivity index (χ1n) is 9.17. The van der Waals surface area contributed by atoms with Crippen LogP contribution in [-0.4, -0.2) is 15.3 Å². The molecule has 0 atom stereocenters. The first-order chi connectivity index (χ1) is 13.5. The monoisotopic (exact) mass is 372 g/mol. The van der Waals surface area contributed by atoms with Crippen LogP contribution in [-0.2, 0) is 12.8 Å². The zero-order valence-electron chi connectivity index (χ0n) is 15.7. The topological polar surface area (TPSA) is 60.7 Å². The summed E-state index contributed by atoms with van der Waals surface area (Å²) in [6.07, 6.45) is 4.66. The number of aromatic hydroxyl groups is 3. The van der Waals surface area contributed by atoms with Crippen molar-refractivity contribution in [2.75, 3.05) is 0 Å². The average molecular weight is 372 g/mol. The Balaban J connectivity index is 2.17. The molecule has 3 rings (SSSR count). The van der Waals surface area contributed by atoms with Gasteiger partial charge in [-0.2, -0.15) is 0 Å². The second-order valence-electron chi connectivity index (χ2n) is 6.79. The van der Waals surface area contributed by atoms with Crippen LogP contribution in [0.15, 0.2) is 86.0 Å². The van der Waals surface area contributed by atoms with Crippen LogP contribution in [0.25, 0.3) is 0 Å². The van der Waals surface area contributed by atoms with Crippen molar-refractivity contribution >= 4 is 0 Å². The summed E-state index contributed by atoms with van der Waals surface area (Å²) in [7, 11) is 0. The Morgan fingerprint density at radius 1 is 0.643 bits per heavy atom. The molecule has 0 aliphatic rings. The molecule has 0 spiro atoms. The van der Waals surface area contributed by atoms with E-state index in [-0.39, 0.29) is 23.2 Å². The lowest BCUT2D eigenvalue weighted by atomic mass is 9.83. The summed E-state index contributed by atoms with van der Waals surface area (Å²) in [6, 6.07) is 18.3. The maximum atomic E-state index is 10.2. The fourth-order valence-corrected chi connectivity index (χ4v) is 3.45. The first-order valence-corrected chi connectivity index (χ1v) is 9.17. The highest BCUT2D eigenvalue weighted by Crippen LogP contribution is 2.36. The van der Waals surface area contributed by atoms with E-state index in [0.717, 1.165) is 27.8 Å². The molecule has 0 radical (unpaired) electrons. The van der Waals surface area contributed by atoms with Gasteiger partial charge >= 0.3 is 0 Å². The summed E-state index contributed by atoms with van der Waals surface area (Å²) in [5.74, 6) is 0.574. The third-order valence-electron chi connectivity index (χ3n) is 4.83. The smallest absolute Gasteiger partial charge is 0.119 e. The fourth-order valence-electron chi connectivity index (χ4n) is 3.45. The molecule has 3 N–H and O–H groups in total. The second kappa shape index (κ2) is 8.49. The maximum absolute atomic E-state index is 10.2. The highest BCUT2D eigenvalue weighted by Gasteiger charge is 2.19. The van der Waals surface area contributed by atoms with Crippen LogP contribution in [0.5, 0.6) is 17.2 Å². The van der Waals surface area contributed by atoms with Gasteiger partial charge in [-0.3, -0.25) is 0 Å². The molecule has 3 heteroatoms. The van der Waals surface area contributed by atoms with Crippen molar-refractivity contribution in [1.29, 1.82) is 0 Å². The molecule has 0 fully saturated rings. The fraction of sp³-hybridized carbons (Fsp3) is 0.120. The molecule has 0 bridgehead atoms. The molecule has 0 saturated carbocycles. The molecule has 0 saturated heterocycles. The van der Waals surface area contributed by atoms with Crippen LogP contribution in [0.1, 0.15) is 33.7 Å². The van der Waals surface area contributed by atoms with Crippen molar-refractivity contribution in [1.82, 2.24) is 0 Å². The number of hydrogen-bond donors (Lipinski definition) is 3. The van der Waals surface area contributed by atoms with E-state index < -0.39 is 0 Å². The van der Waals surface area contributed by atoms with E-state index in [4.69, 9.17) is 0 Å². The van der Waals surface area contributed by atoms with Crippen LogP contribution in [0.4, 0.5) is 0 Å². The van der Waals surface area contributed by atoms with Crippen molar-refractivity contribution in [3.8, 4) is 17.2 Å². The molecule has 0 unspecified atom stereocenters. The van der Waals surface area contributed by atoms with E-state index in [1.807, 2.05) is 36.4 Å². The number of rotatable bonds is 7. The Morgan fingerprint density at radius 3 is 1.50 bits per heavy atom. The van der Waals surface area contributed by atoms with Gasteiger partial charge in [0.1, 0.15) is 17.2 Å². The highest BCUT2D eigenvalue weighted by molar-refractivity contribution is 5.50. The van der Waals surface area contributed by atoms with Gasteiger partial charge < -0.3 is 15.3 Å². The molecule has 0 aliphatic heterocycles. The number of hydrogen-bond acceptors (Lipinski definition) is 3. The molecule has 0 heterocycles. The van der Waals surface area contributed by atoms with Crippen LogP contribution < -0.4 is 0 Å². The molecule has 3 aromatic carbocycles. The van der Waals surface area contributed by atoms with Gasteiger partial charge in [0.2, 0.25) is 0 Å². The lowest BCUT2D eigenvalue weighted by Crippen LogP contribution is -2.05. The van der Waals surface area contributed by atoms with Crippen LogP contribution in [0.2, 0.25) is 0 Å². The predicted octanol–water partition coefficient (Wildman–Crippen LogP) is 5.44. The molecule has 3 nitrogen and oxygen atoms in total. The van der Waals surface area contributed by atoms with Gasteiger partial charge in [0.25, 0.3) is 0 Å². The van der Waals surface area contributed by atoms with E-state index >= 15 is 0 Å². The number of benzene rings is 3. The molecule has 0 aliphatic carbocycles. The summed E-state index contributed by atoms with van der Waals surface area (Å²) >= 11 is 0. The molecule has 28 heavy (non-hydrogen) atoms. The van der Waals surface area contributed by atoms with Crippen LogP contribution in [0.3, 0.4) is 0 Å². The van der Waals surface area contributed by atoms with E-state index in [1.165, 1.54) is 0 Å². The zero-order valence-corrected chi connectivity index (χ0v) is 15.7. The normalized spacial score (nSPS) is 10.8. The predicted molar refractivity (Wildman–Crippen MR) is 113 cm³/mol. The summed E-state index contributed by atoms with van der Waals surface area (Å²) < 4.78 is 0. The Hall–Kier alpha value is -3.46. The minimum atomic E-state index is -0.117. The first kappa shape index (κ1) is 19.3. The number of phenolic OH excluding ortho intramolecular Hbond substituents is 3. The Kier molecular flexibility index (Phi) is 5.85. The SMILES string of the molecule is C=CCc1cc(C(c2ccc(O)cc2)c2ccc(O)c(CC=C)c2)ccc1O.